The van der Waals surface area contributed by atoms with Crippen molar-refractivity contribution in [3.63, 3.8) is 0 Å². The van der Waals surface area contributed by atoms with E-state index in [0.717, 1.165) is 0 Å². The van der Waals surface area contributed by atoms with E-state index in [-0.39, 0.29) is 11.5 Å². The molecule has 1 heterocycles. The number of non-ortho nitro benzene ring substituents is 1. The Kier molecular flexibility index (Phi) is 3.47. The van der Waals surface area contributed by atoms with Gasteiger partial charge in [0.2, 0.25) is 0 Å². The predicted octanol–water partition coefficient (Wildman–Crippen LogP) is 4.13. The molecule has 0 N–H and O–H groups in total. The third-order valence-corrected chi connectivity index (χ3v) is 3.54. The number of hydrogen-bond donors (Lipinski definition) is 0. The Labute approximate surface area is 126 Å². The number of fused-ring (bicyclic) bond motifs is 1. The number of aryl methyl sites for hydroxylation is 1. The minimum Gasteiger partial charge on any atom is -0.460 e. The molecule has 0 unspecified atom stereocenters. The normalized spacial score (nSPS) is 10.8. The lowest BCUT2D eigenvalue weighted by atomic mass is 9.99. The van der Waals surface area contributed by atoms with Crippen LogP contribution in [0.3, 0.4) is 0 Å². The molecule has 0 aliphatic heterocycles. The van der Waals surface area contributed by atoms with Crippen LogP contribution in [0, 0.1) is 10.1 Å². The van der Waals surface area contributed by atoms with Crippen LogP contribution in [0.15, 0.2) is 52.9 Å². The van der Waals surface area contributed by atoms with Gasteiger partial charge in [0.1, 0.15) is 11.3 Å². The molecule has 0 saturated carbocycles. The number of hydrogen-bond acceptors (Lipinski definition) is 4. The van der Waals surface area contributed by atoms with Gasteiger partial charge in [0, 0.05) is 29.5 Å². The third kappa shape index (κ3) is 2.26. The lowest BCUT2D eigenvalue weighted by molar-refractivity contribution is -0.384. The molecule has 110 valence electrons. The zero-order chi connectivity index (χ0) is 15.7. The van der Waals surface area contributed by atoms with E-state index in [1.165, 1.54) is 18.2 Å². The highest BCUT2D eigenvalue weighted by Gasteiger charge is 2.22. The maximum atomic E-state index is 12.8. The fraction of sp³-hybridized carbons (Fsp3) is 0.118. The van der Waals surface area contributed by atoms with Gasteiger partial charge in [-0.3, -0.25) is 14.9 Å². The van der Waals surface area contributed by atoms with Crippen LogP contribution in [0.1, 0.15) is 28.6 Å². The molecule has 5 heteroatoms. The fourth-order valence-corrected chi connectivity index (χ4v) is 2.48. The van der Waals surface area contributed by atoms with E-state index >= 15 is 0 Å². The Balaban J connectivity index is 2.24. The highest BCUT2D eigenvalue weighted by molar-refractivity contribution is 6.17. The number of nitrogens with zero attached hydrogens (tertiary/aromatic N) is 1. The summed E-state index contributed by atoms with van der Waals surface area (Å²) in [4.78, 5) is 23.2. The summed E-state index contributed by atoms with van der Waals surface area (Å²) < 4.78 is 5.68. The SMILES string of the molecule is CCc1oc2ccc([N+](=O)[O-])cc2c1C(=O)c1ccccc1. The second kappa shape index (κ2) is 5.44. The minimum absolute atomic E-state index is 0.0573. The molecule has 3 rings (SSSR count). The molecular weight excluding hydrogens is 282 g/mol. The summed E-state index contributed by atoms with van der Waals surface area (Å²) in [6, 6.07) is 13.1. The number of rotatable bonds is 4. The van der Waals surface area contributed by atoms with E-state index < -0.39 is 4.92 Å². The topological polar surface area (TPSA) is 73.3 Å². The van der Waals surface area contributed by atoms with Gasteiger partial charge in [0.25, 0.3) is 5.69 Å². The molecule has 0 radical (unpaired) electrons. The van der Waals surface area contributed by atoms with Gasteiger partial charge in [-0.05, 0) is 6.07 Å². The summed E-state index contributed by atoms with van der Waals surface area (Å²) >= 11 is 0. The van der Waals surface area contributed by atoms with Crippen molar-refractivity contribution in [2.24, 2.45) is 0 Å². The van der Waals surface area contributed by atoms with Crippen molar-refractivity contribution in [1.29, 1.82) is 0 Å². The highest BCUT2D eigenvalue weighted by Crippen LogP contribution is 2.31. The molecule has 2 aromatic carbocycles. The fourth-order valence-electron chi connectivity index (χ4n) is 2.48. The first-order valence-electron chi connectivity index (χ1n) is 6.91. The molecule has 0 amide bonds. The Morgan fingerprint density at radius 1 is 1.18 bits per heavy atom. The summed E-state index contributed by atoms with van der Waals surface area (Å²) in [5.74, 6) is 0.362. The number of nitro groups is 1. The van der Waals surface area contributed by atoms with Gasteiger partial charge in [-0.1, -0.05) is 37.3 Å². The van der Waals surface area contributed by atoms with E-state index in [4.69, 9.17) is 4.42 Å². The zero-order valence-electron chi connectivity index (χ0n) is 11.9. The third-order valence-electron chi connectivity index (χ3n) is 3.54. The molecule has 0 spiro atoms. The van der Waals surface area contributed by atoms with E-state index in [9.17, 15) is 14.9 Å². The number of ketones is 1. The molecule has 0 aliphatic carbocycles. The second-order valence-electron chi connectivity index (χ2n) is 4.89. The lowest BCUT2D eigenvalue weighted by Crippen LogP contribution is -2.03. The van der Waals surface area contributed by atoms with Crippen molar-refractivity contribution in [1.82, 2.24) is 0 Å². The van der Waals surface area contributed by atoms with Gasteiger partial charge < -0.3 is 4.42 Å². The molecule has 5 nitrogen and oxygen atoms in total. The monoisotopic (exact) mass is 295 g/mol. The van der Waals surface area contributed by atoms with Crippen LogP contribution in [-0.2, 0) is 6.42 Å². The van der Waals surface area contributed by atoms with Gasteiger partial charge in [-0.25, -0.2) is 0 Å². The van der Waals surface area contributed by atoms with Gasteiger partial charge in [-0.15, -0.1) is 0 Å². The van der Waals surface area contributed by atoms with Crippen molar-refractivity contribution in [2.75, 3.05) is 0 Å². The summed E-state index contributed by atoms with van der Waals surface area (Å²) in [5, 5.41) is 11.4. The Bertz CT molecular complexity index is 865. The minimum atomic E-state index is -0.477. The molecule has 0 bridgehead atoms. The van der Waals surface area contributed by atoms with Crippen molar-refractivity contribution in [3.05, 3.63) is 75.5 Å². The standard InChI is InChI=1S/C17H13NO4/c1-2-14-16(17(19)11-6-4-3-5-7-11)13-10-12(18(20)21)8-9-15(13)22-14/h3-10H,2H2,1H3. The van der Waals surface area contributed by atoms with Crippen LogP contribution in [0.5, 0.6) is 0 Å². The Hall–Kier alpha value is -2.95. The maximum absolute atomic E-state index is 12.8. The molecule has 0 aliphatic rings. The largest absolute Gasteiger partial charge is 0.460 e. The first-order chi connectivity index (χ1) is 10.6. The molecule has 0 saturated heterocycles. The molecule has 1 aromatic heterocycles. The van der Waals surface area contributed by atoms with E-state index in [0.29, 0.717) is 34.3 Å². The van der Waals surface area contributed by atoms with Gasteiger partial charge in [0.15, 0.2) is 5.78 Å². The van der Waals surface area contributed by atoms with Crippen LogP contribution in [-0.4, -0.2) is 10.7 Å². The van der Waals surface area contributed by atoms with Crippen LogP contribution in [0.25, 0.3) is 11.0 Å². The number of furan rings is 1. The molecule has 22 heavy (non-hydrogen) atoms. The zero-order valence-corrected chi connectivity index (χ0v) is 11.9. The Morgan fingerprint density at radius 3 is 2.55 bits per heavy atom. The second-order valence-corrected chi connectivity index (χ2v) is 4.89. The van der Waals surface area contributed by atoms with Crippen LogP contribution < -0.4 is 0 Å². The number of carbonyl (C=O) groups is 1. The van der Waals surface area contributed by atoms with Crippen LogP contribution >= 0.6 is 0 Å². The molecule has 0 atom stereocenters. The smallest absolute Gasteiger partial charge is 0.270 e. The van der Waals surface area contributed by atoms with E-state index in [1.54, 1.807) is 24.3 Å². The first kappa shape index (κ1) is 14.0. The average Bonchev–Trinajstić information content (AvgIpc) is 2.92. The van der Waals surface area contributed by atoms with Crippen molar-refractivity contribution in [3.8, 4) is 0 Å². The van der Waals surface area contributed by atoms with E-state index in [2.05, 4.69) is 0 Å². The average molecular weight is 295 g/mol. The Morgan fingerprint density at radius 2 is 1.91 bits per heavy atom. The van der Waals surface area contributed by atoms with Crippen molar-refractivity contribution < 1.29 is 14.1 Å². The number of nitro benzene ring substituents is 1. The quantitative estimate of drug-likeness (QED) is 0.412. The van der Waals surface area contributed by atoms with Crippen molar-refractivity contribution >= 4 is 22.4 Å². The lowest BCUT2D eigenvalue weighted by Gasteiger charge is -2.01. The molecule has 0 fully saturated rings. The van der Waals surface area contributed by atoms with Crippen LogP contribution in [0.2, 0.25) is 0 Å². The molecule has 3 aromatic rings. The summed E-state index contributed by atoms with van der Waals surface area (Å²) in [6.07, 6.45) is 0.538. The number of benzene rings is 2. The summed E-state index contributed by atoms with van der Waals surface area (Å²) in [5.41, 5.74) is 1.37. The van der Waals surface area contributed by atoms with Crippen LogP contribution in [0.4, 0.5) is 5.69 Å². The van der Waals surface area contributed by atoms with Crippen molar-refractivity contribution in [2.45, 2.75) is 13.3 Å². The summed E-state index contributed by atoms with van der Waals surface area (Å²) in [7, 11) is 0. The summed E-state index contributed by atoms with van der Waals surface area (Å²) in [6.45, 7) is 1.88. The molecular formula is C17H13NO4. The highest BCUT2D eigenvalue weighted by atomic mass is 16.6. The number of carbonyl (C=O) groups excluding carboxylic acids is 1. The predicted molar refractivity (Wildman–Crippen MR) is 82.1 cm³/mol. The van der Waals surface area contributed by atoms with E-state index in [1.807, 2.05) is 13.0 Å². The maximum Gasteiger partial charge on any atom is 0.270 e. The first-order valence-corrected chi connectivity index (χ1v) is 6.91. The van der Waals surface area contributed by atoms with Gasteiger partial charge in [0.05, 0.1) is 10.5 Å². The van der Waals surface area contributed by atoms with Gasteiger partial charge in [-0.2, -0.15) is 0 Å². The van der Waals surface area contributed by atoms with Gasteiger partial charge >= 0.3 is 0 Å².